The van der Waals surface area contributed by atoms with Gasteiger partial charge in [-0.05, 0) is 6.08 Å². The summed E-state index contributed by atoms with van der Waals surface area (Å²) in [4.78, 5) is 0. The lowest BCUT2D eigenvalue weighted by Crippen LogP contribution is -2.32. The fraction of sp³-hybridized carbons (Fsp3) is 0.714. The predicted octanol–water partition coefficient (Wildman–Crippen LogP) is 0.154. The molecule has 0 unspecified atom stereocenters. The first-order chi connectivity index (χ1) is 4.86. The van der Waals surface area contributed by atoms with Gasteiger partial charge in [-0.3, -0.25) is 0 Å². The lowest BCUT2D eigenvalue weighted by molar-refractivity contribution is -0.179. The summed E-state index contributed by atoms with van der Waals surface area (Å²) < 4.78 is 10.3. The third-order valence-corrected chi connectivity index (χ3v) is 1.44. The van der Waals surface area contributed by atoms with Gasteiger partial charge in [0.2, 0.25) is 0 Å². The number of aliphatic hydroxyl groups is 1. The minimum Gasteiger partial charge on any atom is -0.396 e. The Morgan fingerprint density at radius 1 is 1.50 bits per heavy atom. The third-order valence-electron chi connectivity index (χ3n) is 1.44. The summed E-state index contributed by atoms with van der Waals surface area (Å²) in [6, 6.07) is 0. The second kappa shape index (κ2) is 3.71. The Morgan fingerprint density at radius 2 is 2.10 bits per heavy atom. The fourth-order valence-corrected chi connectivity index (χ4v) is 0.800. The number of ether oxygens (including phenoxy) is 2. The Morgan fingerprint density at radius 3 is 2.50 bits per heavy atom. The Labute approximate surface area is 60.3 Å². The van der Waals surface area contributed by atoms with Crippen molar-refractivity contribution in [1.82, 2.24) is 0 Å². The highest BCUT2D eigenvalue weighted by atomic mass is 16.7. The van der Waals surface area contributed by atoms with Gasteiger partial charge < -0.3 is 14.6 Å². The van der Waals surface area contributed by atoms with Crippen LogP contribution in [0.25, 0.3) is 0 Å². The standard InChI is InChI=1S/C7H12O3/c1-2-7-9-4-6(3-8)5-10-7/h2,6-8H,1,3-5H2. The topological polar surface area (TPSA) is 38.7 Å². The summed E-state index contributed by atoms with van der Waals surface area (Å²) >= 11 is 0. The lowest BCUT2D eigenvalue weighted by atomic mass is 10.2. The SMILES string of the molecule is C=CC1OCC(CO)CO1. The zero-order valence-electron chi connectivity index (χ0n) is 5.82. The van der Waals surface area contributed by atoms with Gasteiger partial charge >= 0.3 is 0 Å². The van der Waals surface area contributed by atoms with E-state index in [4.69, 9.17) is 14.6 Å². The first-order valence-corrected chi connectivity index (χ1v) is 3.33. The summed E-state index contributed by atoms with van der Waals surface area (Å²) in [6.07, 6.45) is 1.33. The van der Waals surface area contributed by atoms with Gasteiger partial charge in [0, 0.05) is 5.92 Å². The average molecular weight is 144 g/mol. The van der Waals surface area contributed by atoms with E-state index in [1.165, 1.54) is 0 Å². The second-order valence-corrected chi connectivity index (χ2v) is 2.32. The number of rotatable bonds is 2. The minimum atomic E-state index is -0.275. The van der Waals surface area contributed by atoms with E-state index in [1.807, 2.05) is 0 Å². The molecule has 0 atom stereocenters. The van der Waals surface area contributed by atoms with Crippen molar-refractivity contribution >= 4 is 0 Å². The Balaban J connectivity index is 2.23. The Kier molecular flexibility index (Phi) is 2.86. The summed E-state index contributed by atoms with van der Waals surface area (Å²) in [5.41, 5.74) is 0. The molecule has 0 aromatic rings. The van der Waals surface area contributed by atoms with Crippen molar-refractivity contribution in [1.29, 1.82) is 0 Å². The molecule has 1 aliphatic heterocycles. The average Bonchev–Trinajstić information content (AvgIpc) is 2.05. The van der Waals surface area contributed by atoms with Crippen molar-refractivity contribution in [3.8, 4) is 0 Å². The quantitative estimate of drug-likeness (QED) is 0.561. The molecule has 1 N–H and O–H groups in total. The molecular weight excluding hydrogens is 132 g/mol. The molecule has 10 heavy (non-hydrogen) atoms. The molecule has 1 aliphatic rings. The van der Waals surface area contributed by atoms with Crippen LogP contribution in [0.1, 0.15) is 0 Å². The zero-order chi connectivity index (χ0) is 7.40. The van der Waals surface area contributed by atoms with Crippen LogP contribution in [0, 0.1) is 5.92 Å². The van der Waals surface area contributed by atoms with Crippen LogP contribution in [0.2, 0.25) is 0 Å². The molecule has 0 radical (unpaired) electrons. The van der Waals surface area contributed by atoms with E-state index in [9.17, 15) is 0 Å². The van der Waals surface area contributed by atoms with Gasteiger partial charge in [-0.1, -0.05) is 6.58 Å². The highest BCUT2D eigenvalue weighted by Gasteiger charge is 2.18. The number of aliphatic hydroxyl groups excluding tert-OH is 1. The van der Waals surface area contributed by atoms with Crippen molar-refractivity contribution in [2.75, 3.05) is 19.8 Å². The van der Waals surface area contributed by atoms with E-state index in [2.05, 4.69) is 6.58 Å². The maximum atomic E-state index is 8.66. The molecule has 1 fully saturated rings. The van der Waals surface area contributed by atoms with Crippen LogP contribution in [0.3, 0.4) is 0 Å². The van der Waals surface area contributed by atoms with E-state index >= 15 is 0 Å². The molecule has 0 aromatic heterocycles. The van der Waals surface area contributed by atoms with E-state index in [0.29, 0.717) is 13.2 Å². The van der Waals surface area contributed by atoms with Crippen LogP contribution in [-0.2, 0) is 9.47 Å². The van der Waals surface area contributed by atoms with Crippen molar-refractivity contribution < 1.29 is 14.6 Å². The first-order valence-electron chi connectivity index (χ1n) is 3.33. The second-order valence-electron chi connectivity index (χ2n) is 2.32. The molecule has 0 aromatic carbocycles. The molecule has 3 nitrogen and oxygen atoms in total. The molecule has 0 bridgehead atoms. The van der Waals surface area contributed by atoms with Gasteiger partial charge in [-0.2, -0.15) is 0 Å². The fourth-order valence-electron chi connectivity index (χ4n) is 0.800. The van der Waals surface area contributed by atoms with Crippen molar-refractivity contribution in [2.24, 2.45) is 5.92 Å². The molecule has 0 spiro atoms. The first kappa shape index (κ1) is 7.72. The summed E-state index contributed by atoms with van der Waals surface area (Å²) in [5.74, 6) is 0.135. The number of hydrogen-bond acceptors (Lipinski definition) is 3. The van der Waals surface area contributed by atoms with E-state index in [-0.39, 0.29) is 18.8 Å². The molecule has 1 saturated heterocycles. The predicted molar refractivity (Wildman–Crippen MR) is 36.5 cm³/mol. The Hall–Kier alpha value is -0.380. The maximum absolute atomic E-state index is 8.66. The summed E-state index contributed by atoms with van der Waals surface area (Å²) in [7, 11) is 0. The zero-order valence-corrected chi connectivity index (χ0v) is 5.82. The van der Waals surface area contributed by atoms with Gasteiger partial charge in [-0.25, -0.2) is 0 Å². The summed E-state index contributed by atoms with van der Waals surface area (Å²) in [6.45, 7) is 4.78. The normalized spacial score (nSPS) is 33.7. The van der Waals surface area contributed by atoms with E-state index in [1.54, 1.807) is 6.08 Å². The molecule has 1 rings (SSSR count). The van der Waals surface area contributed by atoms with Gasteiger partial charge in [0.05, 0.1) is 19.8 Å². The third kappa shape index (κ3) is 1.80. The van der Waals surface area contributed by atoms with Crippen LogP contribution in [0.15, 0.2) is 12.7 Å². The largest absolute Gasteiger partial charge is 0.396 e. The van der Waals surface area contributed by atoms with Crippen molar-refractivity contribution in [2.45, 2.75) is 6.29 Å². The molecule has 3 heteroatoms. The van der Waals surface area contributed by atoms with E-state index < -0.39 is 0 Å². The van der Waals surface area contributed by atoms with Crippen molar-refractivity contribution in [3.63, 3.8) is 0 Å². The van der Waals surface area contributed by atoms with Gasteiger partial charge in [0.15, 0.2) is 6.29 Å². The monoisotopic (exact) mass is 144 g/mol. The molecule has 1 heterocycles. The molecule has 58 valence electrons. The molecule has 0 saturated carbocycles. The molecule has 0 aliphatic carbocycles. The van der Waals surface area contributed by atoms with Crippen LogP contribution >= 0.6 is 0 Å². The van der Waals surface area contributed by atoms with Gasteiger partial charge in [0.25, 0.3) is 0 Å². The Bertz CT molecular complexity index is 105. The molecule has 0 amide bonds. The van der Waals surface area contributed by atoms with Crippen LogP contribution in [-0.4, -0.2) is 31.2 Å². The minimum absolute atomic E-state index is 0.129. The van der Waals surface area contributed by atoms with Crippen LogP contribution < -0.4 is 0 Å². The highest BCUT2D eigenvalue weighted by Crippen LogP contribution is 2.10. The van der Waals surface area contributed by atoms with E-state index in [0.717, 1.165) is 0 Å². The maximum Gasteiger partial charge on any atom is 0.176 e. The van der Waals surface area contributed by atoms with Crippen LogP contribution in [0.4, 0.5) is 0 Å². The molecular formula is C7H12O3. The van der Waals surface area contributed by atoms with Gasteiger partial charge in [-0.15, -0.1) is 0 Å². The smallest absolute Gasteiger partial charge is 0.176 e. The highest BCUT2D eigenvalue weighted by molar-refractivity contribution is 4.75. The lowest BCUT2D eigenvalue weighted by Gasteiger charge is -2.25. The van der Waals surface area contributed by atoms with Gasteiger partial charge in [0.1, 0.15) is 0 Å². The summed E-state index contributed by atoms with van der Waals surface area (Å²) in [5, 5.41) is 8.66. The number of hydrogen-bond donors (Lipinski definition) is 1. The van der Waals surface area contributed by atoms with Crippen LogP contribution in [0.5, 0.6) is 0 Å². The van der Waals surface area contributed by atoms with Crippen molar-refractivity contribution in [3.05, 3.63) is 12.7 Å².